The SMILES string of the molecule is Cc1cn(C2CC(O)C(COP(=O)(O)OCC3OC(OCOCC4OC(n5ccc(N)nc5=O)CC4O)C(O)C(O)C3O)O2)c(=O)[nH]c1=O. The molecule has 3 fully saturated rings. The van der Waals surface area contributed by atoms with E-state index in [2.05, 4.69) is 9.97 Å². The van der Waals surface area contributed by atoms with Gasteiger partial charge in [-0.3, -0.25) is 28.0 Å². The summed E-state index contributed by atoms with van der Waals surface area (Å²) in [4.78, 5) is 51.8. The fourth-order valence-corrected chi connectivity index (χ4v) is 6.11. The number of hydrogen-bond acceptors (Lipinski definition) is 18. The molecular weight excluding hydrogens is 685 g/mol. The minimum absolute atomic E-state index is 0.0271. The lowest BCUT2D eigenvalue weighted by molar-refractivity contribution is -0.317. The Balaban J connectivity index is 1.07. The van der Waals surface area contributed by atoms with E-state index in [0.29, 0.717) is 0 Å². The first kappa shape index (κ1) is 37.3. The van der Waals surface area contributed by atoms with Crippen molar-refractivity contribution in [2.45, 2.75) is 87.3 Å². The molecule has 5 heterocycles. The van der Waals surface area contributed by atoms with Crippen molar-refractivity contribution < 1.29 is 67.7 Å². The molecule has 0 bridgehead atoms. The van der Waals surface area contributed by atoms with E-state index in [1.807, 2.05) is 0 Å². The summed E-state index contributed by atoms with van der Waals surface area (Å²) < 4.78 is 52.0. The van der Waals surface area contributed by atoms with Gasteiger partial charge in [-0.25, -0.2) is 14.2 Å². The van der Waals surface area contributed by atoms with Crippen LogP contribution < -0.4 is 22.7 Å². The van der Waals surface area contributed by atoms with Crippen molar-refractivity contribution >= 4 is 13.6 Å². The molecule has 3 aliphatic rings. The second-order valence-electron chi connectivity index (χ2n) is 11.6. The van der Waals surface area contributed by atoms with E-state index < -0.39 is 112 Å². The highest BCUT2D eigenvalue weighted by Gasteiger charge is 2.46. The van der Waals surface area contributed by atoms with E-state index in [0.717, 1.165) is 9.13 Å². The maximum Gasteiger partial charge on any atom is 0.472 e. The molecule has 0 aromatic carbocycles. The Bertz CT molecular complexity index is 1670. The lowest BCUT2D eigenvalue weighted by atomic mass is 9.99. The Morgan fingerprint density at radius 3 is 2.18 bits per heavy atom. The third kappa shape index (κ3) is 8.87. The van der Waals surface area contributed by atoms with Gasteiger partial charge in [0.25, 0.3) is 5.56 Å². The molecule has 5 rings (SSSR count). The van der Waals surface area contributed by atoms with Gasteiger partial charge in [-0.05, 0) is 13.0 Å². The van der Waals surface area contributed by atoms with Crippen molar-refractivity contribution in [3.8, 4) is 0 Å². The van der Waals surface area contributed by atoms with Gasteiger partial charge in [-0.2, -0.15) is 4.98 Å². The number of hydrogen-bond donors (Lipinski definition) is 8. The average molecular weight is 724 g/mol. The molecule has 0 spiro atoms. The second-order valence-corrected chi connectivity index (χ2v) is 13.1. The Hall–Kier alpha value is -2.93. The smallest absolute Gasteiger partial charge is 0.390 e. The highest BCUT2D eigenvalue weighted by molar-refractivity contribution is 7.47. The number of nitrogen functional groups attached to an aromatic ring is 1. The summed E-state index contributed by atoms with van der Waals surface area (Å²) in [6, 6.07) is 1.40. The number of aromatic nitrogens is 4. The van der Waals surface area contributed by atoms with Crippen LogP contribution in [0.3, 0.4) is 0 Å². The van der Waals surface area contributed by atoms with Crippen LogP contribution in [0.2, 0.25) is 0 Å². The quantitative estimate of drug-likeness (QED) is 0.0553. The molecule has 0 aliphatic carbocycles. The highest BCUT2D eigenvalue weighted by atomic mass is 31.2. The topological polar surface area (TPSA) is 319 Å². The minimum atomic E-state index is -4.89. The van der Waals surface area contributed by atoms with Gasteiger partial charge in [0.15, 0.2) is 6.29 Å². The molecule has 3 saturated heterocycles. The zero-order chi connectivity index (χ0) is 35.6. The number of H-pyrrole nitrogens is 1. The first-order chi connectivity index (χ1) is 23.1. The predicted molar refractivity (Wildman–Crippen MR) is 158 cm³/mol. The lowest BCUT2D eigenvalue weighted by Crippen LogP contribution is -2.59. The van der Waals surface area contributed by atoms with Gasteiger partial charge >= 0.3 is 19.2 Å². The zero-order valence-corrected chi connectivity index (χ0v) is 26.8. The Labute approximate surface area is 275 Å². The van der Waals surface area contributed by atoms with Crippen LogP contribution in [-0.2, 0) is 37.3 Å². The van der Waals surface area contributed by atoms with Crippen LogP contribution in [0.1, 0.15) is 30.9 Å². The third-order valence-electron chi connectivity index (χ3n) is 8.10. The van der Waals surface area contributed by atoms with Crippen molar-refractivity contribution in [3.05, 3.63) is 55.3 Å². The molecule has 0 amide bonds. The van der Waals surface area contributed by atoms with Crippen LogP contribution in [-0.4, -0.2) is 131 Å². The van der Waals surface area contributed by atoms with Crippen LogP contribution in [0, 0.1) is 6.92 Å². The normalized spacial score (nSPS) is 34.6. The summed E-state index contributed by atoms with van der Waals surface area (Å²) in [5.41, 5.74) is 3.68. The predicted octanol–water partition coefficient (Wildman–Crippen LogP) is -4.09. The lowest BCUT2D eigenvalue weighted by Gasteiger charge is -2.40. The number of phosphoric acid groups is 1. The number of aliphatic hydroxyl groups excluding tert-OH is 5. The number of aromatic amines is 1. The molecule has 2 aromatic heterocycles. The van der Waals surface area contributed by atoms with E-state index in [1.165, 1.54) is 25.4 Å². The van der Waals surface area contributed by atoms with E-state index in [-0.39, 0.29) is 30.8 Å². The van der Waals surface area contributed by atoms with Gasteiger partial charge in [-0.1, -0.05) is 0 Å². The molecule has 0 saturated carbocycles. The molecule has 12 atom stereocenters. The Morgan fingerprint density at radius 2 is 1.53 bits per heavy atom. The van der Waals surface area contributed by atoms with E-state index in [4.69, 9.17) is 38.5 Å². The summed E-state index contributed by atoms with van der Waals surface area (Å²) in [6.07, 6.45) is -12.0. The molecule has 274 valence electrons. The number of nitrogens with zero attached hydrogens (tertiary/aromatic N) is 3. The number of nitrogens with two attached hydrogens (primary N) is 1. The maximum atomic E-state index is 12.6. The molecule has 23 heteroatoms. The molecule has 3 aliphatic heterocycles. The Kier molecular flexibility index (Phi) is 11.8. The third-order valence-corrected chi connectivity index (χ3v) is 9.05. The maximum absolute atomic E-state index is 12.6. The summed E-state index contributed by atoms with van der Waals surface area (Å²) >= 11 is 0. The van der Waals surface area contributed by atoms with Crippen molar-refractivity contribution in [2.75, 3.05) is 32.3 Å². The second kappa shape index (κ2) is 15.5. The van der Waals surface area contributed by atoms with E-state index >= 15 is 0 Å². The van der Waals surface area contributed by atoms with Crippen LogP contribution in [0.15, 0.2) is 32.8 Å². The summed E-state index contributed by atoms with van der Waals surface area (Å²) in [5.74, 6) is 0.0271. The van der Waals surface area contributed by atoms with Gasteiger partial charge in [0.1, 0.15) is 61.7 Å². The van der Waals surface area contributed by atoms with Crippen molar-refractivity contribution in [3.63, 3.8) is 0 Å². The molecule has 49 heavy (non-hydrogen) atoms. The van der Waals surface area contributed by atoms with E-state index in [1.54, 1.807) is 0 Å². The number of anilines is 1. The van der Waals surface area contributed by atoms with Crippen LogP contribution in [0.25, 0.3) is 0 Å². The van der Waals surface area contributed by atoms with Gasteiger partial charge in [0.2, 0.25) is 0 Å². The number of nitrogens with one attached hydrogen (secondary N) is 1. The number of phosphoric ester groups is 1. The summed E-state index contributed by atoms with van der Waals surface area (Å²) in [5, 5.41) is 51.7. The molecule has 0 radical (unpaired) electrons. The standard InChI is InChI=1S/C26H38N5O17P/c1-11-6-31(26(39)29-23(11)37)19-5-13(33)15(47-19)8-44-49(40,41)45-9-16-20(34)21(35)22(36)24(48-16)43-10-42-7-14-12(32)4-18(46-14)30-3-2-17(27)28-25(30)38/h2-3,6,12-16,18-22,24,32-36H,4-5,7-10H2,1H3,(H,40,41)(H2,27,28,38)(H,29,37,39). The monoisotopic (exact) mass is 723 g/mol. The summed E-state index contributed by atoms with van der Waals surface area (Å²) in [6.45, 7) is -0.798. The number of rotatable bonds is 13. The number of ether oxygens (including phenoxy) is 5. The van der Waals surface area contributed by atoms with Gasteiger partial charge in [-0.15, -0.1) is 0 Å². The van der Waals surface area contributed by atoms with Crippen LogP contribution in [0.4, 0.5) is 5.82 Å². The average Bonchev–Trinajstić information content (AvgIpc) is 3.60. The largest absolute Gasteiger partial charge is 0.472 e. The van der Waals surface area contributed by atoms with Gasteiger partial charge in [0.05, 0.1) is 32.0 Å². The molecule has 22 nitrogen and oxygen atoms in total. The van der Waals surface area contributed by atoms with Gasteiger partial charge in [0, 0.05) is 30.8 Å². The first-order valence-electron chi connectivity index (χ1n) is 15.0. The van der Waals surface area contributed by atoms with Crippen LogP contribution >= 0.6 is 7.82 Å². The minimum Gasteiger partial charge on any atom is -0.390 e. The first-order valence-corrected chi connectivity index (χ1v) is 16.5. The van der Waals surface area contributed by atoms with Crippen molar-refractivity contribution in [1.29, 1.82) is 0 Å². The molecule has 9 N–H and O–H groups in total. The number of aliphatic hydroxyl groups is 5. The Morgan fingerprint density at radius 1 is 0.918 bits per heavy atom. The van der Waals surface area contributed by atoms with Crippen molar-refractivity contribution in [1.82, 2.24) is 19.1 Å². The van der Waals surface area contributed by atoms with E-state index in [9.17, 15) is 49.4 Å². The zero-order valence-electron chi connectivity index (χ0n) is 25.9. The highest BCUT2D eigenvalue weighted by Crippen LogP contribution is 2.45. The molecule has 12 unspecified atom stereocenters. The number of aryl methyl sites for hydroxylation is 1. The molecular formula is C26H38N5O17P. The fourth-order valence-electron chi connectivity index (χ4n) is 5.36. The summed E-state index contributed by atoms with van der Waals surface area (Å²) in [7, 11) is -4.89. The van der Waals surface area contributed by atoms with Crippen LogP contribution in [0.5, 0.6) is 0 Å². The molecule has 2 aromatic rings. The van der Waals surface area contributed by atoms with Crippen molar-refractivity contribution in [2.24, 2.45) is 0 Å². The fraction of sp³-hybridized carbons (Fsp3) is 0.692. The van der Waals surface area contributed by atoms with Gasteiger partial charge < -0.3 is 59.8 Å².